The molecule has 1 aliphatic heterocycles. The minimum absolute atomic E-state index is 0.0278. The van der Waals surface area contributed by atoms with Crippen LogP contribution in [0.1, 0.15) is 41.6 Å². The third-order valence-corrected chi connectivity index (χ3v) is 4.72. The van der Waals surface area contributed by atoms with E-state index in [1.807, 2.05) is 13.8 Å². The van der Waals surface area contributed by atoms with Crippen molar-refractivity contribution in [2.75, 3.05) is 25.1 Å². The standard InChI is InChI=1S/C16H22N2O6S/c1-4-23-15(22)11-9-7-16(2,3)24-8-10(9)25-14(11)18-13(21)12(20)17-5-6-19/h19H,4-8H2,1-3H3,(H,17,20)(H,18,21). The number of aliphatic hydroxyl groups excluding tert-OH is 1. The summed E-state index contributed by atoms with van der Waals surface area (Å²) < 4.78 is 10.9. The summed E-state index contributed by atoms with van der Waals surface area (Å²) >= 11 is 1.20. The van der Waals surface area contributed by atoms with Gasteiger partial charge in [-0.25, -0.2) is 4.79 Å². The lowest BCUT2D eigenvalue weighted by molar-refractivity contribution is -0.136. The molecule has 0 saturated carbocycles. The third-order valence-electron chi connectivity index (χ3n) is 3.60. The fourth-order valence-corrected chi connectivity index (χ4v) is 3.58. The van der Waals surface area contributed by atoms with Crippen molar-refractivity contribution in [2.45, 2.75) is 39.4 Å². The minimum atomic E-state index is -0.905. The smallest absolute Gasteiger partial charge is 0.341 e. The Balaban J connectivity index is 2.31. The second-order valence-electron chi connectivity index (χ2n) is 6.09. The van der Waals surface area contributed by atoms with Crippen LogP contribution in [0.4, 0.5) is 5.00 Å². The predicted octanol–water partition coefficient (Wildman–Crippen LogP) is 0.823. The molecule has 25 heavy (non-hydrogen) atoms. The molecule has 8 nitrogen and oxygen atoms in total. The highest BCUT2D eigenvalue weighted by atomic mass is 32.1. The van der Waals surface area contributed by atoms with Crippen molar-refractivity contribution in [3.8, 4) is 0 Å². The quantitative estimate of drug-likeness (QED) is 0.522. The summed E-state index contributed by atoms with van der Waals surface area (Å²) in [6, 6.07) is 0. The molecule has 0 radical (unpaired) electrons. The summed E-state index contributed by atoms with van der Waals surface area (Å²) in [5.74, 6) is -2.33. The number of carbonyl (C=O) groups is 3. The number of thiophene rings is 1. The summed E-state index contributed by atoms with van der Waals surface area (Å²) in [4.78, 5) is 36.9. The van der Waals surface area contributed by atoms with Crippen LogP contribution < -0.4 is 10.6 Å². The van der Waals surface area contributed by atoms with E-state index in [0.29, 0.717) is 13.0 Å². The van der Waals surface area contributed by atoms with Crippen molar-refractivity contribution < 1.29 is 29.0 Å². The van der Waals surface area contributed by atoms with E-state index in [2.05, 4.69) is 10.6 Å². The summed E-state index contributed by atoms with van der Waals surface area (Å²) in [5, 5.41) is 13.7. The molecule has 3 N–H and O–H groups in total. The maximum atomic E-state index is 12.4. The highest BCUT2D eigenvalue weighted by molar-refractivity contribution is 7.17. The van der Waals surface area contributed by atoms with Crippen LogP contribution in [-0.4, -0.2) is 48.2 Å². The molecule has 2 rings (SSSR count). The molecular weight excluding hydrogens is 348 g/mol. The number of hydrogen-bond acceptors (Lipinski definition) is 7. The van der Waals surface area contributed by atoms with E-state index in [4.69, 9.17) is 14.6 Å². The molecule has 9 heteroatoms. The Kier molecular flexibility index (Phi) is 6.15. The number of aliphatic hydroxyl groups is 1. The van der Waals surface area contributed by atoms with Crippen LogP contribution in [0.2, 0.25) is 0 Å². The molecule has 0 aliphatic carbocycles. The summed E-state index contributed by atoms with van der Waals surface area (Å²) in [7, 11) is 0. The Morgan fingerprint density at radius 3 is 2.68 bits per heavy atom. The molecule has 0 bridgehead atoms. The largest absolute Gasteiger partial charge is 0.462 e. The van der Waals surface area contributed by atoms with Gasteiger partial charge in [-0.05, 0) is 26.3 Å². The van der Waals surface area contributed by atoms with Crippen LogP contribution in [-0.2, 0) is 32.1 Å². The first-order valence-corrected chi connectivity index (χ1v) is 8.76. The molecule has 1 aromatic heterocycles. The van der Waals surface area contributed by atoms with Crippen LogP contribution >= 0.6 is 11.3 Å². The van der Waals surface area contributed by atoms with Gasteiger partial charge in [-0.1, -0.05) is 0 Å². The van der Waals surface area contributed by atoms with Gasteiger partial charge in [0.1, 0.15) is 5.00 Å². The number of fused-ring (bicyclic) bond motifs is 1. The number of amides is 2. The zero-order chi connectivity index (χ0) is 18.6. The maximum absolute atomic E-state index is 12.4. The Labute approximate surface area is 149 Å². The molecule has 0 spiro atoms. The zero-order valence-corrected chi connectivity index (χ0v) is 15.2. The highest BCUT2D eigenvalue weighted by Gasteiger charge is 2.34. The van der Waals surface area contributed by atoms with E-state index in [-0.39, 0.29) is 30.3 Å². The van der Waals surface area contributed by atoms with Gasteiger partial charge >= 0.3 is 17.8 Å². The number of hydrogen-bond donors (Lipinski definition) is 3. The van der Waals surface area contributed by atoms with Crippen LogP contribution in [0.15, 0.2) is 0 Å². The molecule has 2 amide bonds. The monoisotopic (exact) mass is 370 g/mol. The SMILES string of the molecule is CCOC(=O)c1c(NC(=O)C(=O)NCCO)sc2c1CC(C)(C)OC2. The number of carbonyl (C=O) groups excluding carboxylic acids is 3. The van der Waals surface area contributed by atoms with Gasteiger partial charge in [-0.3, -0.25) is 9.59 Å². The van der Waals surface area contributed by atoms with Crippen molar-refractivity contribution in [3.05, 3.63) is 16.0 Å². The van der Waals surface area contributed by atoms with Gasteiger partial charge in [0, 0.05) is 17.8 Å². The fraction of sp³-hybridized carbons (Fsp3) is 0.562. The Morgan fingerprint density at radius 1 is 1.32 bits per heavy atom. The van der Waals surface area contributed by atoms with Crippen LogP contribution in [0.5, 0.6) is 0 Å². The number of nitrogens with one attached hydrogen (secondary N) is 2. The zero-order valence-electron chi connectivity index (χ0n) is 14.4. The summed E-state index contributed by atoms with van der Waals surface area (Å²) in [5.41, 5.74) is 0.627. The Hall–Kier alpha value is -1.97. The van der Waals surface area contributed by atoms with Gasteiger partial charge in [0.15, 0.2) is 0 Å². The van der Waals surface area contributed by atoms with Crippen LogP contribution in [0.3, 0.4) is 0 Å². The molecule has 0 unspecified atom stereocenters. The van der Waals surface area contributed by atoms with Crippen molar-refractivity contribution in [1.29, 1.82) is 0 Å². The first-order chi connectivity index (χ1) is 11.8. The van der Waals surface area contributed by atoms with Crippen molar-refractivity contribution >= 4 is 34.1 Å². The minimum Gasteiger partial charge on any atom is -0.462 e. The van der Waals surface area contributed by atoms with Crippen LogP contribution in [0.25, 0.3) is 0 Å². The molecule has 0 atom stereocenters. The lowest BCUT2D eigenvalue weighted by Gasteiger charge is -2.30. The first-order valence-electron chi connectivity index (χ1n) is 7.94. The lowest BCUT2D eigenvalue weighted by atomic mass is 9.93. The number of esters is 1. The van der Waals surface area contributed by atoms with E-state index in [1.54, 1.807) is 6.92 Å². The third kappa shape index (κ3) is 4.56. The molecule has 0 aromatic carbocycles. The normalized spacial score (nSPS) is 15.2. The van der Waals surface area contributed by atoms with Gasteiger partial charge in [0.25, 0.3) is 0 Å². The van der Waals surface area contributed by atoms with E-state index >= 15 is 0 Å². The molecule has 2 heterocycles. The van der Waals surface area contributed by atoms with E-state index in [9.17, 15) is 14.4 Å². The van der Waals surface area contributed by atoms with Gasteiger partial charge in [0.05, 0.1) is 31.0 Å². The van der Waals surface area contributed by atoms with E-state index < -0.39 is 23.4 Å². The molecule has 0 fully saturated rings. The van der Waals surface area contributed by atoms with Crippen molar-refractivity contribution in [3.63, 3.8) is 0 Å². The van der Waals surface area contributed by atoms with Crippen LogP contribution in [0, 0.1) is 0 Å². The topological polar surface area (TPSA) is 114 Å². The molecule has 138 valence electrons. The van der Waals surface area contributed by atoms with E-state index in [1.165, 1.54) is 11.3 Å². The number of ether oxygens (including phenoxy) is 2. The summed E-state index contributed by atoms with van der Waals surface area (Å²) in [6.45, 7) is 5.77. The summed E-state index contributed by atoms with van der Waals surface area (Å²) in [6.07, 6.45) is 0.500. The second-order valence-corrected chi connectivity index (χ2v) is 7.19. The Morgan fingerprint density at radius 2 is 2.04 bits per heavy atom. The highest BCUT2D eigenvalue weighted by Crippen LogP contribution is 2.40. The second kappa shape index (κ2) is 7.94. The number of rotatable bonds is 5. The fourth-order valence-electron chi connectivity index (χ4n) is 2.47. The van der Waals surface area contributed by atoms with Gasteiger partial charge in [-0.15, -0.1) is 11.3 Å². The maximum Gasteiger partial charge on any atom is 0.341 e. The van der Waals surface area contributed by atoms with Gasteiger partial charge < -0.3 is 25.2 Å². The van der Waals surface area contributed by atoms with Crippen molar-refractivity contribution in [1.82, 2.24) is 5.32 Å². The molecule has 1 aromatic rings. The molecule has 1 aliphatic rings. The average molecular weight is 370 g/mol. The first kappa shape index (κ1) is 19.4. The Bertz CT molecular complexity index is 682. The van der Waals surface area contributed by atoms with Gasteiger partial charge in [-0.2, -0.15) is 0 Å². The molecule has 0 saturated heterocycles. The predicted molar refractivity (Wildman–Crippen MR) is 91.6 cm³/mol. The number of anilines is 1. The van der Waals surface area contributed by atoms with Crippen molar-refractivity contribution in [2.24, 2.45) is 0 Å². The van der Waals surface area contributed by atoms with Gasteiger partial charge in [0.2, 0.25) is 0 Å². The lowest BCUT2D eigenvalue weighted by Crippen LogP contribution is -2.37. The molecular formula is C16H22N2O6S. The van der Waals surface area contributed by atoms with E-state index in [0.717, 1.165) is 10.4 Å². The average Bonchev–Trinajstić information content (AvgIpc) is 2.88.